The molecule has 0 heterocycles. The fourth-order valence-corrected chi connectivity index (χ4v) is 1.51. The Labute approximate surface area is 93.4 Å². The molecule has 0 amide bonds. The lowest BCUT2D eigenvalue weighted by molar-refractivity contribution is 0.289. The van der Waals surface area contributed by atoms with Crippen molar-refractivity contribution in [1.82, 2.24) is 0 Å². The highest BCUT2D eigenvalue weighted by molar-refractivity contribution is 9.09. The number of para-hydroxylation sites is 2. The van der Waals surface area contributed by atoms with Crippen LogP contribution in [0.1, 0.15) is 12.8 Å². The lowest BCUT2D eigenvalue weighted by atomic mass is 10.3. The molecule has 0 atom stereocenters. The average molecular weight is 259 g/mol. The van der Waals surface area contributed by atoms with Gasteiger partial charge < -0.3 is 9.47 Å². The maximum atomic E-state index is 5.58. The molecule has 0 aliphatic rings. The summed E-state index contributed by atoms with van der Waals surface area (Å²) >= 11 is 3.38. The zero-order valence-corrected chi connectivity index (χ0v) is 9.92. The summed E-state index contributed by atoms with van der Waals surface area (Å²) in [5, 5.41) is 1.03. The molecule has 14 heavy (non-hydrogen) atoms. The van der Waals surface area contributed by atoms with Gasteiger partial charge in [0.05, 0.1) is 13.7 Å². The van der Waals surface area contributed by atoms with Crippen LogP contribution in [0.3, 0.4) is 0 Å². The van der Waals surface area contributed by atoms with Crippen LogP contribution in [0.15, 0.2) is 24.3 Å². The highest BCUT2D eigenvalue weighted by atomic mass is 79.9. The van der Waals surface area contributed by atoms with Gasteiger partial charge in [0.2, 0.25) is 0 Å². The van der Waals surface area contributed by atoms with Crippen LogP contribution >= 0.6 is 15.9 Å². The van der Waals surface area contributed by atoms with Gasteiger partial charge in [0, 0.05) is 5.33 Å². The molecule has 3 heteroatoms. The van der Waals surface area contributed by atoms with Crippen LogP contribution in [0, 0.1) is 0 Å². The molecular weight excluding hydrogens is 244 g/mol. The fraction of sp³-hybridized carbons (Fsp3) is 0.455. The van der Waals surface area contributed by atoms with Gasteiger partial charge in [-0.2, -0.15) is 0 Å². The second kappa shape index (κ2) is 6.71. The summed E-state index contributed by atoms with van der Waals surface area (Å²) in [6.45, 7) is 0.742. The van der Waals surface area contributed by atoms with E-state index < -0.39 is 0 Å². The van der Waals surface area contributed by atoms with E-state index in [0.717, 1.165) is 36.3 Å². The van der Waals surface area contributed by atoms with Crippen molar-refractivity contribution >= 4 is 15.9 Å². The number of hydrogen-bond acceptors (Lipinski definition) is 2. The van der Waals surface area contributed by atoms with Crippen LogP contribution < -0.4 is 9.47 Å². The zero-order chi connectivity index (χ0) is 10.2. The molecule has 78 valence electrons. The third kappa shape index (κ3) is 3.58. The van der Waals surface area contributed by atoms with Crippen LogP contribution in [-0.4, -0.2) is 19.0 Å². The first-order valence-corrected chi connectivity index (χ1v) is 5.82. The molecule has 2 nitrogen and oxygen atoms in total. The molecule has 0 aliphatic carbocycles. The minimum Gasteiger partial charge on any atom is -0.493 e. The number of hydrogen-bond donors (Lipinski definition) is 0. The molecular formula is C11H15BrO2. The fourth-order valence-electron chi connectivity index (χ4n) is 1.12. The van der Waals surface area contributed by atoms with Crippen molar-refractivity contribution in [3.63, 3.8) is 0 Å². The summed E-state index contributed by atoms with van der Waals surface area (Å²) in [7, 11) is 1.65. The van der Waals surface area contributed by atoms with E-state index in [2.05, 4.69) is 15.9 Å². The Hall–Kier alpha value is -0.700. The summed E-state index contributed by atoms with van der Waals surface area (Å²) in [5.41, 5.74) is 0. The number of halogens is 1. The first-order chi connectivity index (χ1) is 6.88. The van der Waals surface area contributed by atoms with E-state index in [-0.39, 0.29) is 0 Å². The quantitative estimate of drug-likeness (QED) is 0.576. The van der Waals surface area contributed by atoms with Gasteiger partial charge in [0.1, 0.15) is 0 Å². The Morgan fingerprint density at radius 3 is 2.50 bits per heavy atom. The third-order valence-corrected chi connectivity index (χ3v) is 2.42. The smallest absolute Gasteiger partial charge is 0.161 e. The molecule has 0 unspecified atom stereocenters. The van der Waals surface area contributed by atoms with E-state index in [9.17, 15) is 0 Å². The summed E-state index contributed by atoms with van der Waals surface area (Å²) in [5.74, 6) is 1.62. The molecule has 0 bridgehead atoms. The topological polar surface area (TPSA) is 18.5 Å². The van der Waals surface area contributed by atoms with Gasteiger partial charge >= 0.3 is 0 Å². The molecule has 0 spiro atoms. The van der Waals surface area contributed by atoms with Crippen LogP contribution in [-0.2, 0) is 0 Å². The Kier molecular flexibility index (Phi) is 5.45. The summed E-state index contributed by atoms with van der Waals surface area (Å²) in [4.78, 5) is 0. The van der Waals surface area contributed by atoms with Crippen LogP contribution in [0.25, 0.3) is 0 Å². The highest BCUT2D eigenvalue weighted by Crippen LogP contribution is 2.25. The number of rotatable bonds is 6. The number of ether oxygens (including phenoxy) is 2. The Morgan fingerprint density at radius 2 is 1.86 bits per heavy atom. The van der Waals surface area contributed by atoms with E-state index in [1.54, 1.807) is 7.11 Å². The molecule has 1 aromatic carbocycles. The van der Waals surface area contributed by atoms with Crippen molar-refractivity contribution in [2.75, 3.05) is 19.0 Å². The summed E-state index contributed by atoms with van der Waals surface area (Å²) in [6, 6.07) is 7.71. The molecule has 1 aromatic rings. The molecule has 0 N–H and O–H groups in total. The lowest BCUT2D eigenvalue weighted by Crippen LogP contribution is -1.99. The van der Waals surface area contributed by atoms with Gasteiger partial charge in [0.15, 0.2) is 11.5 Å². The van der Waals surface area contributed by atoms with E-state index in [1.807, 2.05) is 24.3 Å². The van der Waals surface area contributed by atoms with E-state index >= 15 is 0 Å². The molecule has 1 rings (SSSR count). The normalized spacial score (nSPS) is 9.86. The van der Waals surface area contributed by atoms with Crippen molar-refractivity contribution in [3.8, 4) is 11.5 Å². The minimum absolute atomic E-state index is 0.742. The number of benzene rings is 1. The molecule has 0 fully saturated rings. The predicted molar refractivity (Wildman–Crippen MR) is 61.5 cm³/mol. The second-order valence-electron chi connectivity index (χ2n) is 2.90. The number of unbranched alkanes of at least 4 members (excludes halogenated alkanes) is 1. The van der Waals surface area contributed by atoms with Gasteiger partial charge in [-0.15, -0.1) is 0 Å². The van der Waals surface area contributed by atoms with Crippen molar-refractivity contribution < 1.29 is 9.47 Å². The zero-order valence-electron chi connectivity index (χ0n) is 8.33. The largest absolute Gasteiger partial charge is 0.493 e. The monoisotopic (exact) mass is 258 g/mol. The predicted octanol–water partition coefficient (Wildman–Crippen LogP) is 3.25. The van der Waals surface area contributed by atoms with Crippen LogP contribution in [0.5, 0.6) is 11.5 Å². The first-order valence-electron chi connectivity index (χ1n) is 4.70. The Morgan fingerprint density at radius 1 is 1.14 bits per heavy atom. The van der Waals surface area contributed by atoms with Crippen molar-refractivity contribution in [2.24, 2.45) is 0 Å². The molecule has 0 aromatic heterocycles. The van der Waals surface area contributed by atoms with Crippen molar-refractivity contribution in [2.45, 2.75) is 12.8 Å². The standard InChI is InChI=1S/C11H15BrO2/c1-13-10-6-2-3-7-11(10)14-9-5-4-8-12/h2-3,6-7H,4-5,8-9H2,1H3. The molecule has 0 saturated heterocycles. The lowest BCUT2D eigenvalue weighted by Gasteiger charge is -2.09. The van der Waals surface area contributed by atoms with E-state index in [1.165, 1.54) is 0 Å². The molecule has 0 radical (unpaired) electrons. The van der Waals surface area contributed by atoms with Gasteiger partial charge in [-0.3, -0.25) is 0 Å². The van der Waals surface area contributed by atoms with Gasteiger partial charge in [0.25, 0.3) is 0 Å². The van der Waals surface area contributed by atoms with Crippen LogP contribution in [0.4, 0.5) is 0 Å². The van der Waals surface area contributed by atoms with E-state index in [0.29, 0.717) is 0 Å². The van der Waals surface area contributed by atoms with Crippen molar-refractivity contribution in [1.29, 1.82) is 0 Å². The van der Waals surface area contributed by atoms with E-state index in [4.69, 9.17) is 9.47 Å². The van der Waals surface area contributed by atoms with Gasteiger partial charge in [-0.05, 0) is 25.0 Å². The Bertz CT molecular complexity index is 263. The number of alkyl halides is 1. The maximum absolute atomic E-state index is 5.58. The minimum atomic E-state index is 0.742. The van der Waals surface area contributed by atoms with Crippen LogP contribution in [0.2, 0.25) is 0 Å². The summed E-state index contributed by atoms with van der Waals surface area (Å²) in [6.07, 6.45) is 2.19. The third-order valence-electron chi connectivity index (χ3n) is 1.85. The summed E-state index contributed by atoms with van der Waals surface area (Å²) < 4.78 is 10.8. The van der Waals surface area contributed by atoms with Gasteiger partial charge in [-0.1, -0.05) is 28.1 Å². The Balaban J connectivity index is 2.41. The number of methoxy groups -OCH3 is 1. The average Bonchev–Trinajstić information content (AvgIpc) is 2.25. The maximum Gasteiger partial charge on any atom is 0.161 e. The first kappa shape index (κ1) is 11.4. The SMILES string of the molecule is COc1ccccc1OCCCCBr. The molecule has 0 aliphatic heterocycles. The second-order valence-corrected chi connectivity index (χ2v) is 3.69. The van der Waals surface area contributed by atoms with Crippen molar-refractivity contribution in [3.05, 3.63) is 24.3 Å². The molecule has 0 saturated carbocycles. The van der Waals surface area contributed by atoms with Gasteiger partial charge in [-0.25, -0.2) is 0 Å². The highest BCUT2D eigenvalue weighted by Gasteiger charge is 2.00.